The fraction of sp³-hybridized carbons (Fsp3) is 0.250. The van der Waals surface area contributed by atoms with E-state index in [-0.39, 0.29) is 42.7 Å². The fourth-order valence-electron chi connectivity index (χ4n) is 8.89. The second kappa shape index (κ2) is 12.4. The van der Waals surface area contributed by atoms with Gasteiger partial charge in [0.25, 0.3) is 11.8 Å². The Kier molecular flexibility index (Phi) is 7.94. The van der Waals surface area contributed by atoms with Crippen LogP contribution in [0.2, 0.25) is 5.02 Å². The van der Waals surface area contributed by atoms with Crippen LogP contribution in [0.15, 0.2) is 109 Å². The molecule has 2 aliphatic heterocycles. The molecule has 2 saturated heterocycles. The number of hydrogen-bond donors (Lipinski definition) is 3. The summed E-state index contributed by atoms with van der Waals surface area (Å²) in [5.41, 5.74) is 4.65. The Morgan fingerprint density at radius 3 is 2.10 bits per heavy atom. The minimum absolute atomic E-state index is 0.0233. The van der Waals surface area contributed by atoms with Crippen LogP contribution in [-0.4, -0.2) is 50.3 Å². The van der Waals surface area contributed by atoms with Crippen LogP contribution in [0.3, 0.4) is 0 Å². The van der Waals surface area contributed by atoms with Gasteiger partial charge in [-0.3, -0.25) is 29.5 Å². The number of nitrogens with zero attached hydrogens (tertiary/aromatic N) is 2. The van der Waals surface area contributed by atoms with E-state index in [0.717, 1.165) is 16.1 Å². The molecule has 0 radical (unpaired) electrons. The van der Waals surface area contributed by atoms with Crippen molar-refractivity contribution in [3.63, 3.8) is 0 Å². The largest absolute Gasteiger partial charge is 0.508 e. The standard InChI is InChI=1S/C40H33ClFN3O6/c41-25-7-5-24(6-8-25)40-33(37(49)45(39(40)51)43-27-11-9-26(42)10-12-27)21-32-30(35(40)23-3-15-29(47)16-4-23)17-18-31-34(32)38(50)44(36(31)48)20-19-22-1-13-28(46)14-2-22/h1-17,31-35,43,46-47H,18-21H2. The average Bonchev–Trinajstić information content (AvgIpc) is 3.50. The summed E-state index contributed by atoms with van der Waals surface area (Å²) < 4.78 is 13.8. The monoisotopic (exact) mass is 705 g/mol. The van der Waals surface area contributed by atoms with Crippen LogP contribution in [-0.2, 0) is 31.0 Å². The third-order valence-corrected chi connectivity index (χ3v) is 11.4. The van der Waals surface area contributed by atoms with E-state index < -0.39 is 52.6 Å². The van der Waals surface area contributed by atoms with Gasteiger partial charge in [0, 0.05) is 17.5 Å². The molecule has 2 aliphatic carbocycles. The number of allylic oxidation sites excluding steroid dienone is 2. The number of nitrogens with one attached hydrogen (secondary N) is 1. The van der Waals surface area contributed by atoms with Crippen molar-refractivity contribution < 1.29 is 33.8 Å². The van der Waals surface area contributed by atoms with E-state index in [0.29, 0.717) is 28.3 Å². The Labute approximate surface area is 297 Å². The summed E-state index contributed by atoms with van der Waals surface area (Å²) in [5, 5.41) is 21.4. The highest BCUT2D eigenvalue weighted by Crippen LogP contribution is 2.64. The molecule has 0 bridgehead atoms. The molecule has 4 amide bonds. The Morgan fingerprint density at radius 2 is 1.43 bits per heavy atom. The smallest absolute Gasteiger partial charge is 0.260 e. The zero-order valence-electron chi connectivity index (χ0n) is 27.2. The summed E-state index contributed by atoms with van der Waals surface area (Å²) in [5.74, 6) is -5.53. The molecule has 1 saturated carbocycles. The molecule has 9 nitrogen and oxygen atoms in total. The minimum Gasteiger partial charge on any atom is -0.508 e. The van der Waals surface area contributed by atoms with E-state index in [2.05, 4.69) is 5.43 Å². The topological polar surface area (TPSA) is 127 Å². The van der Waals surface area contributed by atoms with Gasteiger partial charge in [-0.2, -0.15) is 5.01 Å². The van der Waals surface area contributed by atoms with Crippen LogP contribution in [0.4, 0.5) is 10.1 Å². The lowest BCUT2D eigenvalue weighted by Crippen LogP contribution is -2.53. The number of hydrazine groups is 1. The van der Waals surface area contributed by atoms with Gasteiger partial charge in [0.1, 0.15) is 17.3 Å². The number of aromatic hydroxyl groups is 2. The van der Waals surface area contributed by atoms with Gasteiger partial charge in [-0.25, -0.2) is 4.39 Å². The third-order valence-electron chi connectivity index (χ3n) is 11.1. The normalized spacial score (nSPS) is 26.9. The molecule has 8 rings (SSSR count). The van der Waals surface area contributed by atoms with E-state index >= 15 is 4.79 Å². The Morgan fingerprint density at radius 1 is 0.784 bits per heavy atom. The maximum absolute atomic E-state index is 15.1. The molecule has 2 heterocycles. The zero-order chi connectivity index (χ0) is 35.6. The number of phenols is 2. The molecule has 51 heavy (non-hydrogen) atoms. The number of rotatable bonds is 7. The van der Waals surface area contributed by atoms with E-state index in [1.807, 2.05) is 6.08 Å². The number of phenolic OH excluding ortho intramolecular Hbond substituents is 2. The average molecular weight is 706 g/mol. The van der Waals surface area contributed by atoms with Crippen LogP contribution in [0, 0.1) is 29.5 Å². The summed E-state index contributed by atoms with van der Waals surface area (Å²) in [6.07, 6.45) is 2.80. The summed E-state index contributed by atoms with van der Waals surface area (Å²) >= 11 is 6.33. The summed E-state index contributed by atoms with van der Waals surface area (Å²) in [6.45, 7) is 0.170. The van der Waals surface area contributed by atoms with Crippen LogP contribution in [0.25, 0.3) is 0 Å². The lowest BCUT2D eigenvalue weighted by Gasteiger charge is -2.50. The van der Waals surface area contributed by atoms with Gasteiger partial charge in [-0.15, -0.1) is 0 Å². The van der Waals surface area contributed by atoms with Crippen LogP contribution in [0.5, 0.6) is 11.5 Å². The number of hydrogen-bond acceptors (Lipinski definition) is 7. The van der Waals surface area contributed by atoms with Gasteiger partial charge in [0.2, 0.25) is 11.8 Å². The Hall–Kier alpha value is -5.48. The number of carbonyl (C=O) groups is 4. The highest BCUT2D eigenvalue weighted by Gasteiger charge is 2.70. The van der Waals surface area contributed by atoms with Crippen molar-refractivity contribution in [2.24, 2.45) is 23.7 Å². The number of carbonyl (C=O) groups excluding carboxylic acids is 4. The first-order valence-corrected chi connectivity index (χ1v) is 17.2. The first-order chi connectivity index (χ1) is 24.6. The number of likely N-dealkylation sites (tertiary alicyclic amines) is 1. The predicted molar refractivity (Wildman–Crippen MR) is 186 cm³/mol. The molecule has 0 aromatic heterocycles. The highest BCUT2D eigenvalue weighted by atomic mass is 35.5. The van der Waals surface area contributed by atoms with Crippen molar-refractivity contribution >= 4 is 40.9 Å². The van der Waals surface area contributed by atoms with Gasteiger partial charge in [-0.1, -0.05) is 59.6 Å². The lowest BCUT2D eigenvalue weighted by atomic mass is 9.49. The number of amides is 4. The second-order valence-electron chi connectivity index (χ2n) is 13.7. The zero-order valence-corrected chi connectivity index (χ0v) is 28.0. The molecule has 3 N–H and O–H groups in total. The lowest BCUT2D eigenvalue weighted by molar-refractivity contribution is -0.141. The van der Waals surface area contributed by atoms with Crippen LogP contribution in [0.1, 0.15) is 35.4 Å². The molecule has 0 spiro atoms. The van der Waals surface area contributed by atoms with E-state index in [1.165, 1.54) is 41.3 Å². The number of fused-ring (bicyclic) bond motifs is 4. The van der Waals surface area contributed by atoms with Crippen LogP contribution >= 0.6 is 11.6 Å². The number of anilines is 1. The van der Waals surface area contributed by atoms with Crippen molar-refractivity contribution in [2.45, 2.75) is 30.6 Å². The van der Waals surface area contributed by atoms with Crippen molar-refractivity contribution in [3.8, 4) is 11.5 Å². The molecule has 4 aromatic rings. The number of halogens is 2. The van der Waals surface area contributed by atoms with E-state index in [1.54, 1.807) is 60.7 Å². The fourth-order valence-corrected chi connectivity index (χ4v) is 9.01. The van der Waals surface area contributed by atoms with Gasteiger partial charge in [0.05, 0.1) is 28.9 Å². The van der Waals surface area contributed by atoms with E-state index in [4.69, 9.17) is 11.6 Å². The quantitative estimate of drug-likeness (QED) is 0.156. The Bertz CT molecular complexity index is 2090. The maximum atomic E-state index is 15.1. The van der Waals surface area contributed by atoms with Crippen molar-refractivity contribution in [1.82, 2.24) is 9.91 Å². The number of benzene rings is 4. The summed E-state index contributed by atoms with van der Waals surface area (Å²) in [7, 11) is 0. The SMILES string of the molecule is O=C1C2CC=C3C(CC4C(=O)N(Nc5ccc(F)cc5)C(=O)C4(c4ccc(Cl)cc4)C3c3ccc(O)cc3)C2C(=O)N1CCc1ccc(O)cc1. The molecule has 3 fully saturated rings. The molecule has 11 heteroatoms. The molecular formula is C40H33ClFN3O6. The Balaban J connectivity index is 1.24. The minimum atomic E-state index is -1.49. The molecule has 258 valence electrons. The van der Waals surface area contributed by atoms with Crippen LogP contribution < -0.4 is 5.43 Å². The second-order valence-corrected chi connectivity index (χ2v) is 14.1. The van der Waals surface area contributed by atoms with Gasteiger partial charge < -0.3 is 10.2 Å². The first-order valence-electron chi connectivity index (χ1n) is 16.9. The molecule has 6 unspecified atom stereocenters. The number of imide groups is 2. The van der Waals surface area contributed by atoms with E-state index in [9.17, 15) is 29.0 Å². The molecule has 6 atom stereocenters. The predicted octanol–water partition coefficient (Wildman–Crippen LogP) is 6.12. The first kappa shape index (κ1) is 32.7. The van der Waals surface area contributed by atoms with Gasteiger partial charge in [-0.05, 0) is 103 Å². The molecular weight excluding hydrogens is 673 g/mol. The molecule has 4 aliphatic rings. The van der Waals surface area contributed by atoms with Crippen molar-refractivity contribution in [2.75, 3.05) is 12.0 Å². The highest BCUT2D eigenvalue weighted by molar-refractivity contribution is 6.30. The third kappa shape index (κ3) is 5.19. The van der Waals surface area contributed by atoms with Gasteiger partial charge >= 0.3 is 0 Å². The molecule has 4 aromatic carbocycles. The van der Waals surface area contributed by atoms with Crippen molar-refractivity contribution in [1.29, 1.82) is 0 Å². The maximum Gasteiger partial charge on any atom is 0.260 e. The van der Waals surface area contributed by atoms with Crippen molar-refractivity contribution in [3.05, 3.63) is 136 Å². The summed E-state index contributed by atoms with van der Waals surface area (Å²) in [6, 6.07) is 25.3. The van der Waals surface area contributed by atoms with Gasteiger partial charge in [0.15, 0.2) is 0 Å². The summed E-state index contributed by atoms with van der Waals surface area (Å²) in [4.78, 5) is 59.3.